The van der Waals surface area contributed by atoms with Gasteiger partial charge in [0.25, 0.3) is 0 Å². The number of nitrogens with zero attached hydrogens (tertiary/aromatic N) is 2. The number of hydrogen-bond acceptors (Lipinski definition) is 7. The van der Waals surface area contributed by atoms with Crippen LogP contribution in [0.3, 0.4) is 0 Å². The number of aromatic nitrogens is 1. The molecule has 1 aliphatic rings. The van der Waals surface area contributed by atoms with Crippen molar-refractivity contribution >= 4 is 11.9 Å². The van der Waals surface area contributed by atoms with Crippen molar-refractivity contribution in [2.24, 2.45) is 0 Å². The Morgan fingerprint density at radius 3 is 2.42 bits per heavy atom. The zero-order valence-corrected chi connectivity index (χ0v) is 24.0. The molecule has 8 nitrogen and oxygen atoms in total. The topological polar surface area (TPSA) is 87.2 Å². The number of hydrogen-bond donors (Lipinski definition) is 0. The van der Waals surface area contributed by atoms with E-state index < -0.39 is 5.60 Å². The van der Waals surface area contributed by atoms with Crippen LogP contribution in [0, 0.1) is 0 Å². The molecule has 0 atom stereocenters. The van der Waals surface area contributed by atoms with Gasteiger partial charge in [0.2, 0.25) is 0 Å². The van der Waals surface area contributed by atoms with E-state index in [1.54, 1.807) is 37.3 Å². The Balaban J connectivity index is 1.55. The largest absolute Gasteiger partial charge is 0.491 e. The predicted octanol–water partition coefficient (Wildman–Crippen LogP) is 5.89. The summed E-state index contributed by atoms with van der Waals surface area (Å²) in [4.78, 5) is 31.1. The van der Waals surface area contributed by atoms with Crippen LogP contribution in [0.5, 0.6) is 11.5 Å². The highest BCUT2D eigenvalue weighted by atomic mass is 16.6. The second kappa shape index (κ2) is 13.0. The lowest BCUT2D eigenvalue weighted by Crippen LogP contribution is -2.38. The number of ketones is 1. The molecule has 0 aliphatic carbocycles. The molecule has 2 aromatic carbocycles. The molecule has 0 radical (unpaired) electrons. The number of ether oxygens (including phenoxy) is 4. The lowest BCUT2D eigenvalue weighted by atomic mass is 9.94. The zero-order chi connectivity index (χ0) is 28.7. The smallest absolute Gasteiger partial charge is 0.410 e. The third-order valence-electron chi connectivity index (χ3n) is 6.58. The zero-order valence-electron chi connectivity index (χ0n) is 24.0. The van der Waals surface area contributed by atoms with Gasteiger partial charge in [0, 0.05) is 43.6 Å². The Hall–Kier alpha value is -3.91. The van der Waals surface area contributed by atoms with Gasteiger partial charge in [-0.3, -0.25) is 9.78 Å². The van der Waals surface area contributed by atoms with Gasteiger partial charge in [0.05, 0.1) is 12.3 Å². The molecule has 212 valence electrons. The summed E-state index contributed by atoms with van der Waals surface area (Å²) in [7, 11) is 1.63. The van der Waals surface area contributed by atoms with E-state index in [0.717, 1.165) is 23.2 Å². The summed E-state index contributed by atoms with van der Waals surface area (Å²) in [6, 6.07) is 15.4. The molecule has 1 amide bonds. The van der Waals surface area contributed by atoms with Crippen LogP contribution in [-0.4, -0.2) is 60.8 Å². The van der Waals surface area contributed by atoms with Crippen molar-refractivity contribution < 1.29 is 28.5 Å². The van der Waals surface area contributed by atoms with Crippen LogP contribution in [0.1, 0.15) is 54.9 Å². The van der Waals surface area contributed by atoms with Crippen LogP contribution < -0.4 is 9.47 Å². The average Bonchev–Trinajstić information content (AvgIpc) is 3.13. The van der Waals surface area contributed by atoms with Crippen molar-refractivity contribution in [1.82, 2.24) is 9.88 Å². The first-order chi connectivity index (χ1) is 19.1. The van der Waals surface area contributed by atoms with E-state index in [9.17, 15) is 9.59 Å². The summed E-state index contributed by atoms with van der Waals surface area (Å²) in [5.74, 6) is 1.34. The lowest BCUT2D eigenvalue weighted by Gasteiger charge is -2.26. The molecular weight excluding hydrogens is 508 g/mol. The fourth-order valence-electron chi connectivity index (χ4n) is 4.52. The van der Waals surface area contributed by atoms with E-state index in [1.165, 1.54) is 11.1 Å². The molecule has 0 fully saturated rings. The van der Waals surface area contributed by atoms with E-state index in [1.807, 2.05) is 39.0 Å². The van der Waals surface area contributed by atoms with Crippen LogP contribution in [-0.2, 0) is 28.9 Å². The monoisotopic (exact) mass is 546 g/mol. The van der Waals surface area contributed by atoms with Crippen molar-refractivity contribution in [2.75, 3.05) is 33.4 Å². The molecule has 0 N–H and O–H groups in total. The molecule has 40 heavy (non-hydrogen) atoms. The number of Topliss-reactive ketones (excluding diaryl/α,β-unsaturated/α-hetero) is 1. The Morgan fingerprint density at radius 2 is 1.70 bits per heavy atom. The summed E-state index contributed by atoms with van der Waals surface area (Å²) < 4.78 is 22.6. The van der Waals surface area contributed by atoms with Gasteiger partial charge in [-0.05, 0) is 81.5 Å². The summed E-state index contributed by atoms with van der Waals surface area (Å²) in [5.41, 5.74) is 4.96. The number of methoxy groups -OCH3 is 1. The van der Waals surface area contributed by atoms with Crippen molar-refractivity contribution in [1.29, 1.82) is 0 Å². The average molecular weight is 547 g/mol. The van der Waals surface area contributed by atoms with Gasteiger partial charge in [-0.2, -0.15) is 0 Å². The van der Waals surface area contributed by atoms with E-state index >= 15 is 0 Å². The highest BCUT2D eigenvalue weighted by molar-refractivity contribution is 5.96. The molecule has 8 heteroatoms. The van der Waals surface area contributed by atoms with Gasteiger partial charge in [0.1, 0.15) is 30.3 Å². The second-order valence-corrected chi connectivity index (χ2v) is 10.8. The highest BCUT2D eigenvalue weighted by Gasteiger charge is 2.24. The number of pyridine rings is 1. The second-order valence-electron chi connectivity index (χ2n) is 10.8. The third-order valence-corrected chi connectivity index (χ3v) is 6.58. The van der Waals surface area contributed by atoms with Crippen LogP contribution in [0.4, 0.5) is 4.79 Å². The summed E-state index contributed by atoms with van der Waals surface area (Å²) in [5, 5.41) is 0. The van der Waals surface area contributed by atoms with E-state index in [-0.39, 0.29) is 18.5 Å². The van der Waals surface area contributed by atoms with Crippen molar-refractivity contribution in [3.63, 3.8) is 0 Å². The molecule has 3 aromatic rings. The molecule has 0 saturated carbocycles. The van der Waals surface area contributed by atoms with E-state index in [0.29, 0.717) is 49.8 Å². The molecule has 1 aliphatic heterocycles. The Kier molecular flexibility index (Phi) is 9.42. The molecule has 0 unspecified atom stereocenters. The molecular formula is C32H38N2O6. The number of carbonyl (C=O) groups excluding carboxylic acids is 2. The minimum atomic E-state index is -0.532. The quantitative estimate of drug-likeness (QED) is 0.244. The van der Waals surface area contributed by atoms with E-state index in [4.69, 9.17) is 18.9 Å². The van der Waals surface area contributed by atoms with Crippen LogP contribution in [0.15, 0.2) is 54.7 Å². The van der Waals surface area contributed by atoms with Crippen molar-refractivity contribution in [2.45, 2.75) is 52.7 Å². The highest BCUT2D eigenvalue weighted by Crippen LogP contribution is 2.34. The van der Waals surface area contributed by atoms with Gasteiger partial charge < -0.3 is 23.8 Å². The molecule has 0 spiro atoms. The minimum Gasteiger partial charge on any atom is -0.491 e. The normalized spacial score (nSPS) is 13.3. The third kappa shape index (κ3) is 7.82. The lowest BCUT2D eigenvalue weighted by molar-refractivity contribution is 0.0258. The molecule has 1 aromatic heterocycles. The first-order valence-corrected chi connectivity index (χ1v) is 13.6. The SMILES string of the molecule is COCCOc1ccnc(COc2ccc(C(C)=O)cc2-c2ccc3c(c2)CCN(C(=O)OC(C)(C)C)CC3)c1. The maximum absolute atomic E-state index is 12.7. The first kappa shape index (κ1) is 29.1. The number of rotatable bonds is 9. The fraction of sp³-hybridized carbons (Fsp3) is 0.406. The van der Waals surface area contributed by atoms with Crippen molar-refractivity contribution in [3.05, 3.63) is 77.1 Å². The fourth-order valence-corrected chi connectivity index (χ4v) is 4.52. The Bertz CT molecular complexity index is 1350. The van der Waals surface area contributed by atoms with Gasteiger partial charge in [-0.1, -0.05) is 18.2 Å². The molecule has 0 saturated heterocycles. The Labute approximate surface area is 236 Å². The predicted molar refractivity (Wildman–Crippen MR) is 153 cm³/mol. The first-order valence-electron chi connectivity index (χ1n) is 13.6. The van der Waals surface area contributed by atoms with Gasteiger partial charge in [-0.25, -0.2) is 4.79 Å². The maximum Gasteiger partial charge on any atom is 0.410 e. The molecule has 2 heterocycles. The molecule has 0 bridgehead atoms. The van der Waals surface area contributed by atoms with Gasteiger partial charge in [0.15, 0.2) is 5.78 Å². The van der Waals surface area contributed by atoms with E-state index in [2.05, 4.69) is 23.2 Å². The number of benzene rings is 2. The number of amides is 1. The standard InChI is InChI=1S/C32H38N2O6/c1-22(35)24-8-9-30(39-21-27-20-28(10-13-33-27)38-17-16-37-5)29(19-24)26-7-6-23-11-14-34(15-12-25(23)18-26)31(36)40-32(2,3)4/h6-10,13,18-20H,11-12,14-17,21H2,1-5H3. The maximum atomic E-state index is 12.7. The summed E-state index contributed by atoms with van der Waals surface area (Å²) in [6.07, 6.45) is 2.87. The number of fused-ring (bicyclic) bond motifs is 1. The summed E-state index contributed by atoms with van der Waals surface area (Å²) >= 11 is 0. The summed E-state index contributed by atoms with van der Waals surface area (Å²) in [6.45, 7) is 9.57. The van der Waals surface area contributed by atoms with Crippen molar-refractivity contribution in [3.8, 4) is 22.6 Å². The Morgan fingerprint density at radius 1 is 0.925 bits per heavy atom. The minimum absolute atomic E-state index is 0.0156. The van der Waals surface area contributed by atoms with Crippen LogP contribution in [0.2, 0.25) is 0 Å². The number of carbonyl (C=O) groups is 2. The van der Waals surface area contributed by atoms with Gasteiger partial charge >= 0.3 is 6.09 Å². The van der Waals surface area contributed by atoms with Gasteiger partial charge in [-0.15, -0.1) is 0 Å². The molecule has 4 rings (SSSR count). The van der Waals surface area contributed by atoms with Crippen LogP contribution >= 0.6 is 0 Å². The van der Waals surface area contributed by atoms with Crippen LogP contribution in [0.25, 0.3) is 11.1 Å².